The molecule has 142 valence electrons. The van der Waals surface area contributed by atoms with Gasteiger partial charge >= 0.3 is 0 Å². The molecule has 1 aromatic rings. The van der Waals surface area contributed by atoms with Gasteiger partial charge in [0.25, 0.3) is 5.91 Å². The molecule has 4 nitrogen and oxygen atoms in total. The van der Waals surface area contributed by atoms with Gasteiger partial charge in [0.1, 0.15) is 0 Å². The summed E-state index contributed by atoms with van der Waals surface area (Å²) in [7, 11) is 0. The van der Waals surface area contributed by atoms with Crippen LogP contribution in [0.5, 0.6) is 0 Å². The van der Waals surface area contributed by atoms with Crippen LogP contribution in [0, 0.1) is 19.3 Å². The summed E-state index contributed by atoms with van der Waals surface area (Å²) in [6.07, 6.45) is -1.37. The van der Waals surface area contributed by atoms with Crippen LogP contribution in [0.15, 0.2) is 6.07 Å². The monoisotopic (exact) mass is 374 g/mol. The van der Waals surface area contributed by atoms with Gasteiger partial charge in [-0.3, -0.25) is 9.59 Å². The SMILES string of the molecule is Cc1cc(C)c(C(=O)NCCCC(C)NC(=O)CC(C)(C)C(F)F)s1. The highest BCUT2D eigenvalue weighted by Gasteiger charge is 2.32. The van der Waals surface area contributed by atoms with E-state index in [4.69, 9.17) is 0 Å². The van der Waals surface area contributed by atoms with Crippen molar-refractivity contribution >= 4 is 23.2 Å². The third-order valence-electron chi connectivity index (χ3n) is 3.96. The second kappa shape index (κ2) is 9.27. The lowest BCUT2D eigenvalue weighted by Crippen LogP contribution is -2.37. The Morgan fingerprint density at radius 2 is 1.92 bits per heavy atom. The number of carbonyl (C=O) groups excluding carboxylic acids is 2. The molecule has 0 aliphatic carbocycles. The number of amides is 2. The fraction of sp³-hybridized carbons (Fsp3) is 0.667. The van der Waals surface area contributed by atoms with Crippen LogP contribution < -0.4 is 10.6 Å². The first-order valence-corrected chi connectivity index (χ1v) is 9.27. The van der Waals surface area contributed by atoms with E-state index in [1.807, 2.05) is 26.8 Å². The van der Waals surface area contributed by atoms with Gasteiger partial charge < -0.3 is 10.6 Å². The predicted molar refractivity (Wildman–Crippen MR) is 97.4 cm³/mol. The number of halogens is 2. The van der Waals surface area contributed by atoms with Gasteiger partial charge in [0, 0.05) is 29.3 Å². The van der Waals surface area contributed by atoms with Crippen LogP contribution in [0.4, 0.5) is 8.78 Å². The van der Waals surface area contributed by atoms with Gasteiger partial charge in [-0.05, 0) is 45.2 Å². The van der Waals surface area contributed by atoms with Gasteiger partial charge in [0.15, 0.2) is 0 Å². The lowest BCUT2D eigenvalue weighted by molar-refractivity contribution is -0.126. The van der Waals surface area contributed by atoms with Crippen LogP contribution in [0.1, 0.15) is 60.1 Å². The highest BCUT2D eigenvalue weighted by Crippen LogP contribution is 2.28. The average molecular weight is 374 g/mol. The number of hydrogen-bond donors (Lipinski definition) is 2. The zero-order valence-electron chi connectivity index (χ0n) is 15.5. The van der Waals surface area contributed by atoms with E-state index in [-0.39, 0.29) is 24.3 Å². The molecule has 2 amide bonds. The number of thiophene rings is 1. The van der Waals surface area contributed by atoms with E-state index in [1.54, 1.807) is 0 Å². The summed E-state index contributed by atoms with van der Waals surface area (Å²) in [4.78, 5) is 25.7. The number of aryl methyl sites for hydroxylation is 2. The van der Waals surface area contributed by atoms with Crippen LogP contribution in [-0.2, 0) is 4.79 Å². The van der Waals surface area contributed by atoms with E-state index in [0.29, 0.717) is 19.4 Å². The third kappa shape index (κ3) is 7.10. The average Bonchev–Trinajstić information content (AvgIpc) is 2.81. The molecule has 1 unspecified atom stereocenters. The third-order valence-corrected chi connectivity index (χ3v) is 5.11. The highest BCUT2D eigenvalue weighted by atomic mass is 32.1. The second-order valence-corrected chi connectivity index (χ2v) is 8.46. The molecule has 0 fully saturated rings. The number of nitrogens with one attached hydrogen (secondary N) is 2. The normalized spacial score (nSPS) is 13.0. The molecule has 0 saturated carbocycles. The van der Waals surface area contributed by atoms with E-state index < -0.39 is 11.8 Å². The molecule has 1 atom stereocenters. The molecule has 1 aromatic heterocycles. The largest absolute Gasteiger partial charge is 0.354 e. The zero-order valence-corrected chi connectivity index (χ0v) is 16.4. The second-order valence-electron chi connectivity index (χ2n) is 7.20. The summed E-state index contributed by atoms with van der Waals surface area (Å²) in [5.41, 5.74) is -0.351. The fourth-order valence-electron chi connectivity index (χ4n) is 2.45. The Kier molecular flexibility index (Phi) is 7.99. The van der Waals surface area contributed by atoms with Gasteiger partial charge in [-0.25, -0.2) is 8.78 Å². The molecule has 0 aromatic carbocycles. The summed E-state index contributed by atoms with van der Waals surface area (Å²) < 4.78 is 25.6. The number of carbonyl (C=O) groups is 2. The number of hydrogen-bond acceptors (Lipinski definition) is 3. The minimum absolute atomic E-state index is 0.0778. The minimum Gasteiger partial charge on any atom is -0.354 e. The van der Waals surface area contributed by atoms with Crippen molar-refractivity contribution in [2.75, 3.05) is 6.54 Å². The Morgan fingerprint density at radius 3 is 2.44 bits per heavy atom. The quantitative estimate of drug-likeness (QED) is 0.641. The number of rotatable bonds is 9. The topological polar surface area (TPSA) is 58.2 Å². The Balaban J connectivity index is 2.28. The van der Waals surface area contributed by atoms with E-state index in [1.165, 1.54) is 25.2 Å². The summed E-state index contributed by atoms with van der Waals surface area (Å²) in [5, 5.41) is 5.61. The lowest BCUT2D eigenvalue weighted by Gasteiger charge is -2.24. The standard InChI is InChI=1S/C18H28F2N2O2S/c1-11-9-13(3)25-15(11)16(24)21-8-6-7-12(2)22-14(23)10-18(4,5)17(19)20/h9,12,17H,6-8,10H2,1-5H3,(H,21,24)(H,22,23). The minimum atomic E-state index is -2.53. The van der Waals surface area contributed by atoms with Gasteiger partial charge in [0.05, 0.1) is 4.88 Å². The fourth-order valence-corrected chi connectivity index (χ4v) is 3.39. The van der Waals surface area contributed by atoms with Crippen molar-refractivity contribution in [2.24, 2.45) is 5.41 Å². The van der Waals surface area contributed by atoms with Crippen molar-refractivity contribution in [1.29, 1.82) is 0 Å². The first-order chi connectivity index (χ1) is 11.5. The molecular formula is C18H28F2N2O2S. The van der Waals surface area contributed by atoms with Gasteiger partial charge in [0.2, 0.25) is 12.3 Å². The van der Waals surface area contributed by atoms with Crippen molar-refractivity contribution in [3.05, 3.63) is 21.4 Å². The van der Waals surface area contributed by atoms with Crippen LogP contribution >= 0.6 is 11.3 Å². The molecular weight excluding hydrogens is 346 g/mol. The van der Waals surface area contributed by atoms with Crippen LogP contribution in [0.25, 0.3) is 0 Å². The van der Waals surface area contributed by atoms with E-state index in [0.717, 1.165) is 15.3 Å². The molecule has 1 heterocycles. The van der Waals surface area contributed by atoms with Gasteiger partial charge in [-0.15, -0.1) is 11.3 Å². The summed E-state index contributed by atoms with van der Waals surface area (Å²) >= 11 is 1.47. The molecule has 0 aliphatic rings. The van der Waals surface area contributed by atoms with Crippen molar-refractivity contribution in [1.82, 2.24) is 10.6 Å². The zero-order chi connectivity index (χ0) is 19.2. The van der Waals surface area contributed by atoms with Crippen molar-refractivity contribution in [3.63, 3.8) is 0 Å². The molecule has 2 N–H and O–H groups in total. The molecule has 25 heavy (non-hydrogen) atoms. The van der Waals surface area contributed by atoms with Crippen LogP contribution in [-0.4, -0.2) is 30.8 Å². The van der Waals surface area contributed by atoms with Gasteiger partial charge in [-0.2, -0.15) is 0 Å². The molecule has 0 aliphatic heterocycles. The smallest absolute Gasteiger partial charge is 0.261 e. The Bertz CT molecular complexity index is 600. The molecule has 0 bridgehead atoms. The summed E-state index contributed by atoms with van der Waals surface area (Å²) in [6, 6.07) is 1.86. The van der Waals surface area contributed by atoms with Crippen LogP contribution in [0.3, 0.4) is 0 Å². The Labute approximate surface area is 152 Å². The van der Waals surface area contributed by atoms with Crippen molar-refractivity contribution in [3.8, 4) is 0 Å². The predicted octanol–water partition coefficient (Wildman–Crippen LogP) is 4.06. The number of alkyl halides is 2. The molecule has 7 heteroatoms. The maximum atomic E-state index is 12.8. The van der Waals surface area contributed by atoms with Crippen LogP contribution in [0.2, 0.25) is 0 Å². The molecule has 0 spiro atoms. The Hall–Kier alpha value is -1.50. The lowest BCUT2D eigenvalue weighted by atomic mass is 9.89. The van der Waals surface area contributed by atoms with E-state index in [2.05, 4.69) is 10.6 Å². The summed E-state index contributed by atoms with van der Waals surface area (Å²) in [5.74, 6) is -0.447. The molecule has 1 rings (SSSR count). The first kappa shape index (κ1) is 21.5. The molecule has 0 saturated heterocycles. The van der Waals surface area contributed by atoms with Crippen molar-refractivity contribution in [2.45, 2.75) is 66.3 Å². The van der Waals surface area contributed by atoms with E-state index >= 15 is 0 Å². The Morgan fingerprint density at radius 1 is 1.28 bits per heavy atom. The highest BCUT2D eigenvalue weighted by molar-refractivity contribution is 7.14. The van der Waals surface area contributed by atoms with Gasteiger partial charge in [-0.1, -0.05) is 13.8 Å². The summed E-state index contributed by atoms with van der Waals surface area (Å²) in [6.45, 7) is 8.99. The van der Waals surface area contributed by atoms with Crippen molar-refractivity contribution < 1.29 is 18.4 Å². The molecule has 0 radical (unpaired) electrons. The first-order valence-electron chi connectivity index (χ1n) is 8.45. The maximum absolute atomic E-state index is 12.8. The van der Waals surface area contributed by atoms with E-state index in [9.17, 15) is 18.4 Å². The maximum Gasteiger partial charge on any atom is 0.261 e.